The number of benzene rings is 1. The summed E-state index contributed by atoms with van der Waals surface area (Å²) in [4.78, 5) is 11.5. The third-order valence-corrected chi connectivity index (χ3v) is 4.36. The van der Waals surface area contributed by atoms with Gasteiger partial charge < -0.3 is 13.8 Å². The maximum atomic E-state index is 12.3. The Morgan fingerprint density at radius 1 is 1.14 bits per heavy atom. The number of hydrogen-bond donors (Lipinski definition) is 0. The molecule has 0 heterocycles. The van der Waals surface area contributed by atoms with E-state index in [2.05, 4.69) is 9.05 Å². The van der Waals surface area contributed by atoms with Gasteiger partial charge in [0.2, 0.25) is 0 Å². The molecule has 0 bridgehead atoms. The van der Waals surface area contributed by atoms with Gasteiger partial charge >= 0.3 is 13.8 Å². The molecule has 0 atom stereocenters. The van der Waals surface area contributed by atoms with Crippen molar-refractivity contribution in [2.75, 3.05) is 27.0 Å². The molecule has 1 rings (SSSR count). The molecule has 0 N–H and O–H groups in total. The van der Waals surface area contributed by atoms with E-state index in [0.717, 1.165) is 38.5 Å². The average molecular weight is 326 g/mol. The Bertz CT molecular complexity index is 519. The summed E-state index contributed by atoms with van der Waals surface area (Å²) in [7, 11) is -1.17. The molecule has 0 aromatic heterocycles. The summed E-state index contributed by atoms with van der Waals surface area (Å²) in [6, 6.07) is 3.88. The van der Waals surface area contributed by atoms with Crippen LogP contribution in [0.15, 0.2) is 24.3 Å². The summed E-state index contributed by atoms with van der Waals surface area (Å²) in [5.41, 5.74) is -0.815. The largest absolute Gasteiger partial charge is 0.486 e. The average Bonchev–Trinajstić information content (AvgIpc) is 2.44. The smallest absolute Gasteiger partial charge is 0.416 e. The SMILES string of the molecule is COP(=O)(CC(=O)COc1ccc(C(F)(F)F)cc1)OC. The fourth-order valence-corrected chi connectivity index (χ4v) is 2.30. The summed E-state index contributed by atoms with van der Waals surface area (Å²) >= 11 is 0. The van der Waals surface area contributed by atoms with Crippen molar-refractivity contribution in [1.82, 2.24) is 0 Å². The molecular weight excluding hydrogens is 312 g/mol. The normalized spacial score (nSPS) is 12.2. The zero-order chi connectivity index (χ0) is 16.1. The highest BCUT2D eigenvalue weighted by Gasteiger charge is 2.30. The molecule has 0 aliphatic carbocycles. The second-order valence-electron chi connectivity index (χ2n) is 3.98. The van der Waals surface area contributed by atoms with E-state index in [1.165, 1.54) is 0 Å². The molecule has 0 spiro atoms. The van der Waals surface area contributed by atoms with Crippen molar-refractivity contribution in [2.45, 2.75) is 6.18 Å². The van der Waals surface area contributed by atoms with Gasteiger partial charge in [0.25, 0.3) is 0 Å². The van der Waals surface area contributed by atoms with Crippen LogP contribution in [0, 0.1) is 0 Å². The van der Waals surface area contributed by atoms with Crippen molar-refractivity contribution in [1.29, 1.82) is 0 Å². The lowest BCUT2D eigenvalue weighted by Crippen LogP contribution is -2.16. The fraction of sp³-hybridized carbons (Fsp3) is 0.417. The van der Waals surface area contributed by atoms with Crippen LogP contribution in [0.25, 0.3) is 0 Å². The molecule has 0 aliphatic rings. The second-order valence-corrected chi connectivity index (χ2v) is 6.25. The van der Waals surface area contributed by atoms with Crippen molar-refractivity contribution in [3.63, 3.8) is 0 Å². The molecule has 0 aliphatic heterocycles. The zero-order valence-corrected chi connectivity index (χ0v) is 12.2. The van der Waals surface area contributed by atoms with Crippen LogP contribution in [0.5, 0.6) is 5.75 Å². The number of alkyl halides is 3. The van der Waals surface area contributed by atoms with E-state index >= 15 is 0 Å². The minimum Gasteiger partial charge on any atom is -0.486 e. The first-order valence-corrected chi connectivity index (χ1v) is 7.45. The van der Waals surface area contributed by atoms with Crippen LogP contribution in [0.1, 0.15) is 5.56 Å². The van der Waals surface area contributed by atoms with Crippen molar-refractivity contribution in [3.05, 3.63) is 29.8 Å². The molecular formula is C12H14F3O5P. The van der Waals surface area contributed by atoms with Gasteiger partial charge in [0, 0.05) is 14.2 Å². The van der Waals surface area contributed by atoms with Gasteiger partial charge in [-0.15, -0.1) is 0 Å². The Kier molecular flexibility index (Phi) is 5.95. The Labute approximate surface area is 119 Å². The molecule has 0 radical (unpaired) electrons. The Hall–Kier alpha value is -1.37. The molecule has 0 amide bonds. The highest BCUT2D eigenvalue weighted by atomic mass is 31.2. The monoisotopic (exact) mass is 326 g/mol. The third-order valence-electron chi connectivity index (χ3n) is 2.51. The number of halogens is 3. The van der Waals surface area contributed by atoms with Crippen LogP contribution < -0.4 is 4.74 Å². The van der Waals surface area contributed by atoms with E-state index in [9.17, 15) is 22.5 Å². The van der Waals surface area contributed by atoms with Gasteiger partial charge in [-0.05, 0) is 24.3 Å². The maximum Gasteiger partial charge on any atom is 0.416 e. The molecule has 1 aromatic rings. The second kappa shape index (κ2) is 7.06. The van der Waals surface area contributed by atoms with Crippen molar-refractivity contribution in [2.24, 2.45) is 0 Å². The van der Waals surface area contributed by atoms with Crippen LogP contribution >= 0.6 is 7.60 Å². The summed E-state index contributed by atoms with van der Waals surface area (Å²) in [6.07, 6.45) is -4.90. The minimum atomic E-state index is -4.43. The molecule has 5 nitrogen and oxygen atoms in total. The lowest BCUT2D eigenvalue weighted by molar-refractivity contribution is -0.137. The van der Waals surface area contributed by atoms with Gasteiger partial charge in [0.1, 0.15) is 18.5 Å². The molecule has 0 saturated heterocycles. The van der Waals surface area contributed by atoms with Gasteiger partial charge in [-0.1, -0.05) is 0 Å². The van der Waals surface area contributed by atoms with E-state index < -0.39 is 37.9 Å². The number of ketones is 1. The zero-order valence-electron chi connectivity index (χ0n) is 11.3. The number of carbonyl (C=O) groups is 1. The molecule has 0 unspecified atom stereocenters. The number of Topliss-reactive ketones (excluding diaryl/α,β-unsaturated/α-hetero) is 1. The summed E-state index contributed by atoms with van der Waals surface area (Å²) in [5, 5.41) is 0. The lowest BCUT2D eigenvalue weighted by Gasteiger charge is -2.13. The molecule has 9 heteroatoms. The predicted molar refractivity (Wildman–Crippen MR) is 68.4 cm³/mol. The molecule has 118 valence electrons. The van der Waals surface area contributed by atoms with Gasteiger partial charge in [-0.25, -0.2) is 0 Å². The standard InChI is InChI=1S/C12H14F3O5P/c1-18-21(17,19-2)8-10(16)7-20-11-5-3-9(4-6-11)12(13,14)15/h3-6H,7-8H2,1-2H3. The van der Waals surface area contributed by atoms with Crippen LogP contribution in [-0.2, 0) is 24.6 Å². The first-order valence-electron chi connectivity index (χ1n) is 5.72. The van der Waals surface area contributed by atoms with Crippen LogP contribution in [0.4, 0.5) is 13.2 Å². The number of hydrogen-bond acceptors (Lipinski definition) is 5. The van der Waals surface area contributed by atoms with Crippen LogP contribution in [0.3, 0.4) is 0 Å². The van der Waals surface area contributed by atoms with E-state index in [1.807, 2.05) is 0 Å². The van der Waals surface area contributed by atoms with E-state index in [-0.39, 0.29) is 5.75 Å². The summed E-state index contributed by atoms with van der Waals surface area (Å²) < 4.78 is 62.9. The molecule has 21 heavy (non-hydrogen) atoms. The minimum absolute atomic E-state index is 0.0982. The third kappa shape index (κ3) is 5.49. The Balaban J connectivity index is 2.56. The van der Waals surface area contributed by atoms with Crippen LogP contribution in [0.2, 0.25) is 0 Å². The topological polar surface area (TPSA) is 61.8 Å². The lowest BCUT2D eigenvalue weighted by atomic mass is 10.2. The van der Waals surface area contributed by atoms with Crippen molar-refractivity contribution in [3.8, 4) is 5.75 Å². The molecule has 0 fully saturated rings. The van der Waals surface area contributed by atoms with Crippen molar-refractivity contribution < 1.29 is 36.3 Å². The summed E-state index contributed by atoms with van der Waals surface area (Å²) in [5.74, 6) is -0.456. The highest BCUT2D eigenvalue weighted by molar-refractivity contribution is 7.54. The van der Waals surface area contributed by atoms with Crippen LogP contribution in [-0.4, -0.2) is 32.8 Å². The van der Waals surface area contributed by atoms with Gasteiger partial charge in [-0.2, -0.15) is 13.2 Å². The molecule has 0 saturated carbocycles. The highest BCUT2D eigenvalue weighted by Crippen LogP contribution is 2.45. The predicted octanol–water partition coefficient (Wildman–Crippen LogP) is 3.14. The molecule has 1 aromatic carbocycles. The number of carbonyl (C=O) groups excluding carboxylic acids is 1. The summed E-state index contributed by atoms with van der Waals surface area (Å²) in [6.45, 7) is -0.442. The van der Waals surface area contributed by atoms with Crippen molar-refractivity contribution >= 4 is 13.4 Å². The first kappa shape index (κ1) is 17.7. The number of rotatable bonds is 7. The van der Waals surface area contributed by atoms with E-state index in [1.54, 1.807) is 0 Å². The van der Waals surface area contributed by atoms with Gasteiger partial charge in [0.15, 0.2) is 5.78 Å². The fourth-order valence-electron chi connectivity index (χ4n) is 1.37. The van der Waals surface area contributed by atoms with E-state index in [4.69, 9.17) is 4.74 Å². The quantitative estimate of drug-likeness (QED) is 0.720. The van der Waals surface area contributed by atoms with E-state index in [0.29, 0.717) is 0 Å². The Morgan fingerprint density at radius 3 is 2.10 bits per heavy atom. The maximum absolute atomic E-state index is 12.3. The van der Waals surface area contributed by atoms with Gasteiger partial charge in [0.05, 0.1) is 5.56 Å². The number of ether oxygens (including phenoxy) is 1. The first-order chi connectivity index (χ1) is 9.70. The Morgan fingerprint density at radius 2 is 1.67 bits per heavy atom. The van der Waals surface area contributed by atoms with Gasteiger partial charge in [-0.3, -0.25) is 9.36 Å².